The quantitative estimate of drug-likeness (QED) is 0.665. The van der Waals surface area contributed by atoms with Crippen molar-refractivity contribution in [2.45, 2.75) is 0 Å². The van der Waals surface area contributed by atoms with Crippen molar-refractivity contribution in [2.24, 2.45) is 0 Å². The summed E-state index contributed by atoms with van der Waals surface area (Å²) in [5.74, 6) is 1.21. The second-order valence-electron chi connectivity index (χ2n) is 4.93. The molecule has 0 spiro atoms. The molecule has 0 aliphatic rings. The van der Waals surface area contributed by atoms with Crippen molar-refractivity contribution in [1.29, 1.82) is 5.26 Å². The van der Waals surface area contributed by atoms with Crippen molar-refractivity contribution in [3.8, 4) is 17.6 Å². The number of hydrogen-bond acceptors (Lipinski definition) is 4. The van der Waals surface area contributed by atoms with Gasteiger partial charge in [0, 0.05) is 10.9 Å². The van der Waals surface area contributed by atoms with Gasteiger partial charge >= 0.3 is 0 Å². The van der Waals surface area contributed by atoms with Gasteiger partial charge in [-0.3, -0.25) is 0 Å². The van der Waals surface area contributed by atoms with Gasteiger partial charge in [0.25, 0.3) is 0 Å². The fraction of sp³-hybridized carbons (Fsp3) is 0.105. The third-order valence-electron chi connectivity index (χ3n) is 3.63. The van der Waals surface area contributed by atoms with Gasteiger partial charge in [0.05, 0.1) is 32.1 Å². The van der Waals surface area contributed by atoms with Crippen LogP contribution < -0.4 is 9.47 Å². The maximum atomic E-state index is 9.52. The lowest BCUT2D eigenvalue weighted by atomic mass is 10.0. The summed E-state index contributed by atoms with van der Waals surface area (Å²) in [6.07, 6.45) is 3.47. The summed E-state index contributed by atoms with van der Waals surface area (Å²) in [6.45, 7) is 0. The molecule has 0 bridgehead atoms. The minimum atomic E-state index is 0.525. The molecule has 4 heteroatoms. The first-order valence-electron chi connectivity index (χ1n) is 7.07. The molecule has 0 atom stereocenters. The number of rotatable bonds is 4. The molecule has 4 nitrogen and oxygen atoms in total. The Bertz CT molecular complexity index is 916. The van der Waals surface area contributed by atoms with Crippen LogP contribution in [0.4, 0.5) is 0 Å². The third-order valence-corrected chi connectivity index (χ3v) is 3.63. The van der Waals surface area contributed by atoms with Crippen LogP contribution in [0.3, 0.4) is 0 Å². The monoisotopic (exact) mass is 305 g/mol. The highest BCUT2D eigenvalue weighted by Gasteiger charge is 2.10. The van der Waals surface area contributed by atoms with Gasteiger partial charge in [-0.2, -0.15) is 5.26 Å². The average molecular weight is 305 g/mol. The molecular weight excluding hydrogens is 290 g/mol. The van der Waals surface area contributed by atoms with E-state index in [0.29, 0.717) is 17.1 Å². The number of furan rings is 1. The summed E-state index contributed by atoms with van der Waals surface area (Å²) in [4.78, 5) is 0. The number of nitriles is 1. The lowest BCUT2D eigenvalue weighted by Crippen LogP contribution is -1.92. The number of methoxy groups -OCH3 is 2. The van der Waals surface area contributed by atoms with E-state index in [-0.39, 0.29) is 0 Å². The van der Waals surface area contributed by atoms with E-state index in [2.05, 4.69) is 6.07 Å². The van der Waals surface area contributed by atoms with Gasteiger partial charge in [0.1, 0.15) is 5.58 Å². The molecule has 0 amide bonds. The maximum Gasteiger partial charge on any atom is 0.161 e. The summed E-state index contributed by atoms with van der Waals surface area (Å²) >= 11 is 0. The van der Waals surface area contributed by atoms with Gasteiger partial charge in [0.2, 0.25) is 0 Å². The zero-order valence-corrected chi connectivity index (χ0v) is 12.9. The van der Waals surface area contributed by atoms with E-state index in [1.807, 2.05) is 36.4 Å². The third kappa shape index (κ3) is 2.77. The van der Waals surface area contributed by atoms with Gasteiger partial charge in [-0.05, 0) is 35.9 Å². The lowest BCUT2D eigenvalue weighted by Gasteiger charge is -2.09. The fourth-order valence-electron chi connectivity index (χ4n) is 2.45. The standard InChI is InChI=1S/C19H15NO3/c1-21-18-8-7-13(10-19(18)22-2)14(11-20)9-15-12-23-17-6-4-3-5-16(15)17/h3-10,12H,1-2H3/b14-9+. The highest BCUT2D eigenvalue weighted by Crippen LogP contribution is 2.32. The first-order valence-corrected chi connectivity index (χ1v) is 7.07. The minimum absolute atomic E-state index is 0.525. The Morgan fingerprint density at radius 1 is 1.09 bits per heavy atom. The van der Waals surface area contributed by atoms with Gasteiger partial charge in [-0.1, -0.05) is 18.2 Å². The number of allylic oxidation sites excluding steroid dienone is 1. The van der Waals surface area contributed by atoms with Crippen LogP contribution in [0.1, 0.15) is 11.1 Å². The number of para-hydroxylation sites is 1. The van der Waals surface area contributed by atoms with E-state index in [9.17, 15) is 5.26 Å². The molecule has 1 heterocycles. The zero-order valence-electron chi connectivity index (χ0n) is 12.9. The van der Waals surface area contributed by atoms with Crippen LogP contribution in [0, 0.1) is 11.3 Å². The fourth-order valence-corrected chi connectivity index (χ4v) is 2.45. The number of benzene rings is 2. The molecule has 0 fully saturated rings. The Morgan fingerprint density at radius 3 is 2.61 bits per heavy atom. The summed E-state index contributed by atoms with van der Waals surface area (Å²) in [5, 5.41) is 10.5. The first-order chi connectivity index (χ1) is 11.3. The molecule has 3 aromatic rings. The van der Waals surface area contributed by atoms with Crippen molar-refractivity contribution in [3.63, 3.8) is 0 Å². The molecule has 0 unspecified atom stereocenters. The van der Waals surface area contributed by atoms with E-state index in [4.69, 9.17) is 13.9 Å². The average Bonchev–Trinajstić information content (AvgIpc) is 3.02. The van der Waals surface area contributed by atoms with Crippen LogP contribution in [-0.2, 0) is 0 Å². The summed E-state index contributed by atoms with van der Waals surface area (Å²) < 4.78 is 16.0. The van der Waals surface area contributed by atoms with Crippen LogP contribution in [0.2, 0.25) is 0 Å². The molecule has 0 aliphatic carbocycles. The second kappa shape index (κ2) is 6.29. The van der Waals surface area contributed by atoms with Crippen LogP contribution in [0.25, 0.3) is 22.6 Å². The topological polar surface area (TPSA) is 55.4 Å². The van der Waals surface area contributed by atoms with Gasteiger partial charge in [-0.25, -0.2) is 0 Å². The summed E-state index contributed by atoms with van der Waals surface area (Å²) in [6, 6.07) is 15.4. The van der Waals surface area contributed by atoms with Gasteiger partial charge in [-0.15, -0.1) is 0 Å². The first kappa shape index (κ1) is 14.7. The van der Waals surface area contributed by atoms with Gasteiger partial charge < -0.3 is 13.9 Å². The predicted octanol–water partition coefficient (Wildman–Crippen LogP) is 4.51. The molecule has 0 aliphatic heterocycles. The molecule has 0 saturated carbocycles. The van der Waals surface area contributed by atoms with Crippen molar-refractivity contribution in [3.05, 3.63) is 59.9 Å². The van der Waals surface area contributed by atoms with Crippen LogP contribution in [0.15, 0.2) is 53.1 Å². The largest absolute Gasteiger partial charge is 0.493 e. The molecule has 3 rings (SSSR count). The smallest absolute Gasteiger partial charge is 0.161 e. The Hall–Kier alpha value is -3.19. The number of nitrogens with zero attached hydrogens (tertiary/aromatic N) is 1. The molecule has 23 heavy (non-hydrogen) atoms. The number of hydrogen-bond donors (Lipinski definition) is 0. The van der Waals surface area contributed by atoms with Crippen molar-refractivity contribution in [2.75, 3.05) is 14.2 Å². The Morgan fingerprint density at radius 2 is 1.87 bits per heavy atom. The maximum absolute atomic E-state index is 9.52. The molecule has 2 aromatic carbocycles. The number of fused-ring (bicyclic) bond motifs is 1. The molecule has 0 N–H and O–H groups in total. The van der Waals surface area contributed by atoms with Crippen molar-refractivity contribution >= 4 is 22.6 Å². The van der Waals surface area contributed by atoms with E-state index < -0.39 is 0 Å². The van der Waals surface area contributed by atoms with Crippen LogP contribution in [0.5, 0.6) is 11.5 Å². The summed E-state index contributed by atoms with van der Waals surface area (Å²) in [5.41, 5.74) is 2.95. The lowest BCUT2D eigenvalue weighted by molar-refractivity contribution is 0.355. The van der Waals surface area contributed by atoms with Crippen LogP contribution >= 0.6 is 0 Å². The summed E-state index contributed by atoms with van der Waals surface area (Å²) in [7, 11) is 3.15. The highest BCUT2D eigenvalue weighted by atomic mass is 16.5. The highest BCUT2D eigenvalue weighted by molar-refractivity contribution is 5.97. The Kier molecular flexibility index (Phi) is 4.03. The molecule has 0 saturated heterocycles. The van der Waals surface area contributed by atoms with E-state index >= 15 is 0 Å². The molecule has 1 aromatic heterocycles. The van der Waals surface area contributed by atoms with E-state index in [0.717, 1.165) is 22.1 Å². The molecular formula is C19H15NO3. The zero-order chi connectivity index (χ0) is 16.2. The van der Waals surface area contributed by atoms with E-state index in [1.54, 1.807) is 32.6 Å². The molecule has 114 valence electrons. The Labute approximate surface area is 134 Å². The van der Waals surface area contributed by atoms with Crippen LogP contribution in [-0.4, -0.2) is 14.2 Å². The second-order valence-corrected chi connectivity index (χ2v) is 4.93. The van der Waals surface area contributed by atoms with Crippen molar-refractivity contribution in [1.82, 2.24) is 0 Å². The van der Waals surface area contributed by atoms with E-state index in [1.165, 1.54) is 0 Å². The number of ether oxygens (including phenoxy) is 2. The minimum Gasteiger partial charge on any atom is -0.493 e. The predicted molar refractivity (Wildman–Crippen MR) is 89.2 cm³/mol. The van der Waals surface area contributed by atoms with Crippen molar-refractivity contribution < 1.29 is 13.9 Å². The van der Waals surface area contributed by atoms with Gasteiger partial charge in [0.15, 0.2) is 11.5 Å². The Balaban J connectivity index is 2.08. The SMILES string of the molecule is COc1ccc(/C(C#N)=C/c2coc3ccccc23)cc1OC. The normalized spacial score (nSPS) is 11.3. The molecule has 0 radical (unpaired) electrons.